The molecule has 1 aromatic carbocycles. The third-order valence-electron chi connectivity index (χ3n) is 2.41. The van der Waals surface area contributed by atoms with E-state index in [1.54, 1.807) is 6.07 Å². The van der Waals surface area contributed by atoms with E-state index in [4.69, 9.17) is 4.74 Å². The van der Waals surface area contributed by atoms with Crippen LogP contribution in [0.4, 0.5) is 4.39 Å². The van der Waals surface area contributed by atoms with E-state index >= 15 is 0 Å². The normalized spacial score (nSPS) is 10.4. The molecular weight excluding hydrogens is 318 g/mol. The van der Waals surface area contributed by atoms with Gasteiger partial charge >= 0.3 is 0 Å². The van der Waals surface area contributed by atoms with Crippen molar-refractivity contribution in [1.29, 1.82) is 0 Å². The minimum atomic E-state index is -0.263. The van der Waals surface area contributed by atoms with Crippen molar-refractivity contribution >= 4 is 22.6 Å². The zero-order valence-electron chi connectivity index (χ0n) is 9.64. The van der Waals surface area contributed by atoms with Crippen molar-refractivity contribution in [3.63, 3.8) is 0 Å². The van der Waals surface area contributed by atoms with Gasteiger partial charge in [0.2, 0.25) is 0 Å². The molecule has 0 saturated heterocycles. The lowest BCUT2D eigenvalue weighted by Crippen LogP contribution is -2.00. The molecule has 0 heterocycles. The Labute approximate surface area is 111 Å². The van der Waals surface area contributed by atoms with Crippen molar-refractivity contribution in [3.05, 3.63) is 27.6 Å². The van der Waals surface area contributed by atoms with Crippen LogP contribution in [-0.2, 0) is 0 Å². The summed E-state index contributed by atoms with van der Waals surface area (Å²) in [5.74, 6) is 0.138. The molecular formula is C13H18FIO. The van der Waals surface area contributed by atoms with E-state index < -0.39 is 0 Å². The molecule has 0 bridgehead atoms. The number of benzene rings is 1. The van der Waals surface area contributed by atoms with E-state index in [2.05, 4.69) is 29.5 Å². The second-order valence-corrected chi connectivity index (χ2v) is 4.98. The van der Waals surface area contributed by atoms with Crippen LogP contribution in [0.2, 0.25) is 0 Å². The Morgan fingerprint density at radius 3 is 2.62 bits per heavy atom. The highest BCUT2D eigenvalue weighted by Crippen LogP contribution is 2.24. The number of hydrogen-bond donors (Lipinski definition) is 0. The molecule has 0 spiro atoms. The van der Waals surface area contributed by atoms with Gasteiger partial charge in [-0.05, 0) is 41.1 Å². The molecule has 0 unspecified atom stereocenters. The number of halogens is 2. The van der Waals surface area contributed by atoms with E-state index in [1.165, 1.54) is 31.7 Å². The molecule has 0 aliphatic rings. The first-order chi connectivity index (χ1) is 7.75. The summed E-state index contributed by atoms with van der Waals surface area (Å²) in [6.45, 7) is 2.80. The Morgan fingerprint density at radius 1 is 1.19 bits per heavy atom. The molecule has 1 nitrogen and oxygen atoms in total. The Bertz CT molecular complexity index is 295. The molecule has 0 saturated carbocycles. The van der Waals surface area contributed by atoms with Gasteiger partial charge in [0.25, 0.3) is 0 Å². The molecule has 16 heavy (non-hydrogen) atoms. The van der Waals surface area contributed by atoms with Crippen LogP contribution in [-0.4, -0.2) is 6.61 Å². The molecule has 0 aliphatic carbocycles. The van der Waals surface area contributed by atoms with E-state index in [-0.39, 0.29) is 5.82 Å². The molecule has 0 radical (unpaired) electrons. The highest BCUT2D eigenvalue weighted by molar-refractivity contribution is 14.1. The van der Waals surface area contributed by atoms with Gasteiger partial charge in [0, 0.05) is 0 Å². The molecule has 1 aromatic rings. The SMILES string of the molecule is CCCCCCCOc1c(F)cccc1I. The molecule has 90 valence electrons. The lowest BCUT2D eigenvalue weighted by Gasteiger charge is -2.08. The maximum Gasteiger partial charge on any atom is 0.168 e. The molecule has 0 amide bonds. The maximum absolute atomic E-state index is 13.4. The predicted octanol–water partition coefficient (Wildman–Crippen LogP) is 4.78. The summed E-state index contributed by atoms with van der Waals surface area (Å²) >= 11 is 2.10. The Kier molecular flexibility index (Phi) is 6.76. The first-order valence-electron chi connectivity index (χ1n) is 5.82. The van der Waals surface area contributed by atoms with Crippen LogP contribution in [0.1, 0.15) is 39.0 Å². The Morgan fingerprint density at radius 2 is 1.94 bits per heavy atom. The molecule has 0 aromatic heterocycles. The van der Waals surface area contributed by atoms with Crippen molar-refractivity contribution in [2.24, 2.45) is 0 Å². The van der Waals surface area contributed by atoms with E-state index in [1.807, 2.05) is 6.07 Å². The first-order valence-corrected chi connectivity index (χ1v) is 6.90. The molecule has 3 heteroatoms. The fraction of sp³-hybridized carbons (Fsp3) is 0.538. The van der Waals surface area contributed by atoms with Gasteiger partial charge in [0.15, 0.2) is 11.6 Å². The number of rotatable bonds is 7. The second kappa shape index (κ2) is 7.87. The lowest BCUT2D eigenvalue weighted by atomic mass is 10.2. The molecule has 0 N–H and O–H groups in total. The minimum absolute atomic E-state index is 0.263. The smallest absolute Gasteiger partial charge is 0.168 e. The predicted molar refractivity (Wildman–Crippen MR) is 73.4 cm³/mol. The summed E-state index contributed by atoms with van der Waals surface area (Å²) in [5, 5.41) is 0. The topological polar surface area (TPSA) is 9.23 Å². The van der Waals surface area contributed by atoms with Crippen LogP contribution in [0, 0.1) is 9.39 Å². The van der Waals surface area contributed by atoms with Crippen LogP contribution in [0.15, 0.2) is 18.2 Å². The van der Waals surface area contributed by atoms with Gasteiger partial charge < -0.3 is 4.74 Å². The molecule has 0 atom stereocenters. The van der Waals surface area contributed by atoms with Crippen molar-refractivity contribution in [2.45, 2.75) is 39.0 Å². The van der Waals surface area contributed by atoms with Crippen LogP contribution in [0.25, 0.3) is 0 Å². The maximum atomic E-state index is 13.4. The Hall–Kier alpha value is -0.320. The minimum Gasteiger partial charge on any atom is -0.489 e. The van der Waals surface area contributed by atoms with Gasteiger partial charge in [-0.2, -0.15) is 0 Å². The summed E-state index contributed by atoms with van der Waals surface area (Å²) in [6.07, 6.45) is 5.93. The number of ether oxygens (including phenoxy) is 1. The summed E-state index contributed by atoms with van der Waals surface area (Å²) in [6, 6.07) is 5.00. The quantitative estimate of drug-likeness (QED) is 0.514. The van der Waals surface area contributed by atoms with Gasteiger partial charge in [-0.1, -0.05) is 38.7 Å². The lowest BCUT2D eigenvalue weighted by molar-refractivity contribution is 0.288. The first kappa shape index (κ1) is 13.7. The van der Waals surface area contributed by atoms with E-state index in [0.29, 0.717) is 12.4 Å². The van der Waals surface area contributed by atoms with E-state index in [9.17, 15) is 4.39 Å². The molecule has 0 fully saturated rings. The van der Waals surface area contributed by atoms with Crippen molar-refractivity contribution < 1.29 is 9.13 Å². The fourth-order valence-corrected chi connectivity index (χ4v) is 2.12. The van der Waals surface area contributed by atoms with Gasteiger partial charge in [-0.3, -0.25) is 0 Å². The summed E-state index contributed by atoms with van der Waals surface area (Å²) in [7, 11) is 0. The summed E-state index contributed by atoms with van der Waals surface area (Å²) in [5.41, 5.74) is 0. The van der Waals surface area contributed by atoms with Gasteiger partial charge in [-0.15, -0.1) is 0 Å². The number of hydrogen-bond acceptors (Lipinski definition) is 1. The highest BCUT2D eigenvalue weighted by Gasteiger charge is 2.06. The Balaban J connectivity index is 2.26. The second-order valence-electron chi connectivity index (χ2n) is 3.81. The third kappa shape index (κ3) is 4.68. The van der Waals surface area contributed by atoms with Crippen molar-refractivity contribution in [1.82, 2.24) is 0 Å². The third-order valence-corrected chi connectivity index (χ3v) is 3.26. The van der Waals surface area contributed by atoms with Crippen LogP contribution in [0.5, 0.6) is 5.75 Å². The highest BCUT2D eigenvalue weighted by atomic mass is 127. The van der Waals surface area contributed by atoms with Crippen LogP contribution < -0.4 is 4.74 Å². The van der Waals surface area contributed by atoms with Gasteiger partial charge in [0.1, 0.15) is 0 Å². The zero-order valence-corrected chi connectivity index (χ0v) is 11.8. The van der Waals surface area contributed by atoms with Gasteiger partial charge in [-0.25, -0.2) is 4.39 Å². The van der Waals surface area contributed by atoms with E-state index in [0.717, 1.165) is 9.99 Å². The zero-order chi connectivity index (χ0) is 11.8. The molecule has 1 rings (SSSR count). The number of para-hydroxylation sites is 1. The van der Waals surface area contributed by atoms with Crippen molar-refractivity contribution in [2.75, 3.05) is 6.61 Å². The van der Waals surface area contributed by atoms with Crippen molar-refractivity contribution in [3.8, 4) is 5.75 Å². The standard InChI is InChI=1S/C13H18FIO/c1-2-3-4-5-6-10-16-13-11(14)8-7-9-12(13)15/h7-9H,2-6,10H2,1H3. The fourth-order valence-electron chi connectivity index (χ4n) is 1.50. The number of unbranched alkanes of at least 4 members (excludes halogenated alkanes) is 4. The average molecular weight is 336 g/mol. The van der Waals surface area contributed by atoms with Gasteiger partial charge in [0.05, 0.1) is 10.2 Å². The summed E-state index contributed by atoms with van der Waals surface area (Å²) in [4.78, 5) is 0. The summed E-state index contributed by atoms with van der Waals surface area (Å²) < 4.78 is 19.7. The van der Waals surface area contributed by atoms with Crippen LogP contribution in [0.3, 0.4) is 0 Å². The monoisotopic (exact) mass is 336 g/mol. The average Bonchev–Trinajstić information content (AvgIpc) is 2.26. The largest absolute Gasteiger partial charge is 0.489 e. The van der Waals surface area contributed by atoms with Crippen LogP contribution >= 0.6 is 22.6 Å². The molecule has 0 aliphatic heterocycles.